The molecule has 0 heterocycles. The average Bonchev–Trinajstić information content (AvgIpc) is 2.36. The Morgan fingerprint density at radius 3 is 2.63 bits per heavy atom. The van der Waals surface area contributed by atoms with Crippen molar-refractivity contribution in [3.8, 4) is 0 Å². The monoisotopic (exact) mass is 268 g/mol. The van der Waals surface area contributed by atoms with E-state index in [9.17, 15) is 14.9 Å². The molecule has 0 radical (unpaired) electrons. The molecule has 7 heteroatoms. The summed E-state index contributed by atoms with van der Waals surface area (Å²) in [5.41, 5.74) is -0.616. The number of carboxylic acid groups (broad SMARTS) is 1. The van der Waals surface area contributed by atoms with Crippen molar-refractivity contribution in [2.45, 2.75) is 19.4 Å². The first-order valence-electron chi connectivity index (χ1n) is 5.57. The molecule has 0 atom stereocenters. The first-order valence-corrected chi connectivity index (χ1v) is 5.57. The third-order valence-electron chi connectivity index (χ3n) is 2.70. The summed E-state index contributed by atoms with van der Waals surface area (Å²) >= 11 is 0. The lowest BCUT2D eigenvalue weighted by Gasteiger charge is -2.23. The van der Waals surface area contributed by atoms with Crippen LogP contribution in [0.3, 0.4) is 0 Å². The number of anilines is 1. The quantitative estimate of drug-likeness (QED) is 0.605. The number of carbonyl (C=O) groups is 1. The van der Waals surface area contributed by atoms with Crippen LogP contribution in [0.25, 0.3) is 0 Å². The molecule has 0 bridgehead atoms. The number of nitrogens with one attached hydrogen (secondary N) is 1. The van der Waals surface area contributed by atoms with Crippen LogP contribution in [-0.2, 0) is 4.74 Å². The van der Waals surface area contributed by atoms with Gasteiger partial charge in [-0.25, -0.2) is 4.79 Å². The van der Waals surface area contributed by atoms with E-state index < -0.39 is 16.5 Å². The summed E-state index contributed by atoms with van der Waals surface area (Å²) < 4.78 is 5.20. The number of nitro groups is 1. The van der Waals surface area contributed by atoms with Crippen molar-refractivity contribution in [1.82, 2.24) is 0 Å². The maximum atomic E-state index is 10.9. The average molecular weight is 268 g/mol. The Hall–Kier alpha value is -2.15. The molecule has 2 N–H and O–H groups in total. The summed E-state index contributed by atoms with van der Waals surface area (Å²) in [6, 6.07) is 3.73. The number of nitrogens with zero attached hydrogens (tertiary/aromatic N) is 1. The molecule has 1 aromatic rings. The lowest BCUT2D eigenvalue weighted by Crippen LogP contribution is -2.32. The highest BCUT2D eigenvalue weighted by Crippen LogP contribution is 2.26. The van der Waals surface area contributed by atoms with Gasteiger partial charge in [-0.2, -0.15) is 0 Å². The van der Waals surface area contributed by atoms with Gasteiger partial charge in [0.1, 0.15) is 5.69 Å². The lowest BCUT2D eigenvalue weighted by atomic mass is 10.1. The topological polar surface area (TPSA) is 102 Å². The van der Waals surface area contributed by atoms with Crippen LogP contribution in [0.1, 0.15) is 24.2 Å². The molecule has 0 amide bonds. The Kier molecular flexibility index (Phi) is 4.44. The van der Waals surface area contributed by atoms with Gasteiger partial charge in [-0.05, 0) is 26.0 Å². The minimum Gasteiger partial charge on any atom is -0.478 e. The third kappa shape index (κ3) is 3.92. The van der Waals surface area contributed by atoms with Gasteiger partial charge in [-0.15, -0.1) is 0 Å². The van der Waals surface area contributed by atoms with E-state index in [1.807, 2.05) is 13.8 Å². The first kappa shape index (κ1) is 14.9. The number of aromatic carboxylic acids is 1. The van der Waals surface area contributed by atoms with Crippen LogP contribution in [-0.4, -0.2) is 35.3 Å². The zero-order chi connectivity index (χ0) is 14.6. The van der Waals surface area contributed by atoms with Gasteiger partial charge < -0.3 is 15.2 Å². The minimum atomic E-state index is -1.20. The summed E-state index contributed by atoms with van der Waals surface area (Å²) in [7, 11) is 1.55. The smallest absolute Gasteiger partial charge is 0.335 e. The van der Waals surface area contributed by atoms with E-state index in [2.05, 4.69) is 5.32 Å². The summed E-state index contributed by atoms with van der Waals surface area (Å²) in [4.78, 5) is 21.1. The van der Waals surface area contributed by atoms with Crippen molar-refractivity contribution < 1.29 is 19.6 Å². The second-order valence-electron chi connectivity index (χ2n) is 4.61. The maximum absolute atomic E-state index is 10.9. The van der Waals surface area contributed by atoms with Crippen molar-refractivity contribution in [3.63, 3.8) is 0 Å². The normalized spacial score (nSPS) is 11.1. The number of methoxy groups -OCH3 is 1. The molecule has 0 aliphatic carbocycles. The van der Waals surface area contributed by atoms with Gasteiger partial charge in [0.05, 0.1) is 16.1 Å². The second-order valence-corrected chi connectivity index (χ2v) is 4.61. The number of hydrogen-bond donors (Lipinski definition) is 2. The zero-order valence-corrected chi connectivity index (χ0v) is 11.0. The van der Waals surface area contributed by atoms with Crippen molar-refractivity contribution in [2.24, 2.45) is 0 Å². The predicted molar refractivity (Wildman–Crippen MR) is 69.6 cm³/mol. The minimum absolute atomic E-state index is 0.122. The fourth-order valence-electron chi connectivity index (χ4n) is 1.35. The summed E-state index contributed by atoms with van der Waals surface area (Å²) in [5.74, 6) is -1.20. The van der Waals surface area contributed by atoms with Crippen LogP contribution in [0.5, 0.6) is 0 Å². The van der Waals surface area contributed by atoms with Gasteiger partial charge in [-0.1, -0.05) is 0 Å². The molecule has 0 unspecified atom stereocenters. The summed E-state index contributed by atoms with van der Waals surface area (Å²) in [5, 5.41) is 22.6. The zero-order valence-electron chi connectivity index (χ0n) is 11.0. The van der Waals surface area contributed by atoms with Gasteiger partial charge >= 0.3 is 5.97 Å². The Balaban J connectivity index is 3.01. The molecule has 1 rings (SSSR count). The molecule has 0 aliphatic rings. The fraction of sp³-hybridized carbons (Fsp3) is 0.417. The van der Waals surface area contributed by atoms with Crippen molar-refractivity contribution in [2.75, 3.05) is 19.0 Å². The molecule has 0 aliphatic heterocycles. The van der Waals surface area contributed by atoms with Crippen LogP contribution in [0.2, 0.25) is 0 Å². The molecule has 0 saturated heterocycles. The van der Waals surface area contributed by atoms with E-state index in [4.69, 9.17) is 9.84 Å². The van der Waals surface area contributed by atoms with Gasteiger partial charge in [0.25, 0.3) is 5.69 Å². The largest absolute Gasteiger partial charge is 0.478 e. The fourth-order valence-corrected chi connectivity index (χ4v) is 1.35. The number of carboxylic acids is 1. The van der Waals surface area contributed by atoms with Gasteiger partial charge in [0.2, 0.25) is 0 Å². The van der Waals surface area contributed by atoms with E-state index in [0.717, 1.165) is 6.07 Å². The number of benzene rings is 1. The third-order valence-corrected chi connectivity index (χ3v) is 2.70. The van der Waals surface area contributed by atoms with E-state index in [1.54, 1.807) is 7.11 Å². The molecule has 1 aromatic carbocycles. The summed E-state index contributed by atoms with van der Waals surface area (Å²) in [6.45, 7) is 4.02. The van der Waals surface area contributed by atoms with Gasteiger partial charge in [-0.3, -0.25) is 10.1 Å². The Labute approximate surface area is 110 Å². The van der Waals surface area contributed by atoms with Crippen LogP contribution < -0.4 is 5.32 Å². The molecule has 0 aromatic heterocycles. The molecular formula is C12H16N2O5. The highest BCUT2D eigenvalue weighted by Gasteiger charge is 2.21. The maximum Gasteiger partial charge on any atom is 0.335 e. The Morgan fingerprint density at radius 1 is 1.53 bits per heavy atom. The van der Waals surface area contributed by atoms with Gasteiger partial charge in [0, 0.05) is 19.7 Å². The molecule has 0 fully saturated rings. The van der Waals surface area contributed by atoms with Crippen molar-refractivity contribution in [1.29, 1.82) is 0 Å². The van der Waals surface area contributed by atoms with Crippen molar-refractivity contribution in [3.05, 3.63) is 33.9 Å². The predicted octanol–water partition coefficient (Wildman–Crippen LogP) is 2.13. The van der Waals surface area contributed by atoms with Gasteiger partial charge in [0.15, 0.2) is 0 Å². The van der Waals surface area contributed by atoms with Crippen LogP contribution >= 0.6 is 0 Å². The first-order chi connectivity index (χ1) is 8.76. The standard InChI is InChI=1S/C12H16N2O5/c1-12(2,19-3)7-13-9-5-4-8(11(15)16)6-10(9)14(17)18/h4-6,13H,7H2,1-3H3,(H,15,16). The van der Waals surface area contributed by atoms with E-state index in [-0.39, 0.29) is 16.9 Å². The Bertz CT molecular complexity index is 499. The van der Waals surface area contributed by atoms with E-state index in [1.165, 1.54) is 12.1 Å². The number of hydrogen-bond acceptors (Lipinski definition) is 5. The van der Waals surface area contributed by atoms with Crippen LogP contribution in [0.4, 0.5) is 11.4 Å². The lowest BCUT2D eigenvalue weighted by molar-refractivity contribution is -0.384. The highest BCUT2D eigenvalue weighted by molar-refractivity contribution is 5.89. The van der Waals surface area contributed by atoms with Crippen LogP contribution in [0.15, 0.2) is 18.2 Å². The molecule has 7 nitrogen and oxygen atoms in total. The molecule has 0 spiro atoms. The second kappa shape index (κ2) is 5.66. The molecule has 104 valence electrons. The van der Waals surface area contributed by atoms with Crippen LogP contribution in [0, 0.1) is 10.1 Å². The number of rotatable bonds is 6. The number of ether oxygens (including phenoxy) is 1. The van der Waals surface area contributed by atoms with Crippen molar-refractivity contribution >= 4 is 17.3 Å². The molecule has 19 heavy (non-hydrogen) atoms. The highest BCUT2D eigenvalue weighted by atomic mass is 16.6. The number of nitro benzene ring substituents is 1. The summed E-state index contributed by atoms with van der Waals surface area (Å²) in [6.07, 6.45) is 0. The molecular weight excluding hydrogens is 252 g/mol. The molecule has 0 saturated carbocycles. The van der Waals surface area contributed by atoms with E-state index >= 15 is 0 Å². The Morgan fingerprint density at radius 2 is 2.16 bits per heavy atom. The van der Waals surface area contributed by atoms with E-state index in [0.29, 0.717) is 6.54 Å². The SMILES string of the molecule is COC(C)(C)CNc1ccc(C(=O)O)cc1[N+](=O)[O-].